The molecule has 0 saturated carbocycles. The molecule has 1 heterocycles. The van der Waals surface area contributed by atoms with Crippen molar-refractivity contribution >= 4 is 17.1 Å². The number of phenols is 2. The molecule has 0 spiro atoms. The van der Waals surface area contributed by atoms with Crippen LogP contribution in [0.15, 0.2) is 11.4 Å². The molecule has 106 valence electrons. The van der Waals surface area contributed by atoms with E-state index >= 15 is 0 Å². The zero-order valence-electron chi connectivity index (χ0n) is 11.4. The average Bonchev–Trinajstić information content (AvgIpc) is 2.79. The van der Waals surface area contributed by atoms with E-state index in [0.29, 0.717) is 17.0 Å². The molecule has 0 amide bonds. The van der Waals surface area contributed by atoms with Crippen LogP contribution in [0.5, 0.6) is 17.2 Å². The second kappa shape index (κ2) is 5.50. The van der Waals surface area contributed by atoms with Crippen molar-refractivity contribution in [2.45, 2.75) is 20.3 Å². The number of carbonyl (C=O) groups is 1. The maximum absolute atomic E-state index is 12.2. The minimum atomic E-state index is -0.379. The summed E-state index contributed by atoms with van der Waals surface area (Å²) in [5.74, 6) is -0.585. The van der Waals surface area contributed by atoms with Crippen LogP contribution in [0.2, 0.25) is 0 Å². The predicted molar refractivity (Wildman–Crippen MR) is 75.9 cm³/mol. The summed E-state index contributed by atoms with van der Waals surface area (Å²) in [7, 11) is 1.43. The van der Waals surface area contributed by atoms with E-state index in [2.05, 4.69) is 4.98 Å². The first-order valence-corrected chi connectivity index (χ1v) is 6.85. The van der Waals surface area contributed by atoms with Gasteiger partial charge >= 0.3 is 0 Å². The molecule has 2 N–H and O–H groups in total. The van der Waals surface area contributed by atoms with Gasteiger partial charge in [0.1, 0.15) is 22.8 Å². The molecule has 5 nitrogen and oxygen atoms in total. The number of ketones is 1. The lowest BCUT2D eigenvalue weighted by Gasteiger charge is -2.12. The van der Waals surface area contributed by atoms with Crippen molar-refractivity contribution in [3.8, 4) is 17.2 Å². The highest BCUT2D eigenvalue weighted by Gasteiger charge is 2.22. The smallest absolute Gasteiger partial charge is 0.176 e. The molecule has 2 rings (SSSR count). The largest absolute Gasteiger partial charge is 0.507 e. The van der Waals surface area contributed by atoms with E-state index < -0.39 is 0 Å². The number of benzene rings is 1. The summed E-state index contributed by atoms with van der Waals surface area (Å²) >= 11 is 1.45. The van der Waals surface area contributed by atoms with Crippen LogP contribution in [0, 0.1) is 13.8 Å². The summed E-state index contributed by atoms with van der Waals surface area (Å²) in [5, 5.41) is 22.6. The molecule has 0 radical (unpaired) electrons. The predicted octanol–water partition coefficient (Wildman–Crippen LogP) is 2.61. The zero-order chi connectivity index (χ0) is 14.9. The van der Waals surface area contributed by atoms with E-state index in [1.165, 1.54) is 24.5 Å². The normalized spacial score (nSPS) is 10.6. The second-order valence-corrected chi connectivity index (χ2v) is 5.47. The summed E-state index contributed by atoms with van der Waals surface area (Å²) in [6.45, 7) is 3.47. The Morgan fingerprint density at radius 3 is 2.65 bits per heavy atom. The SMILES string of the molecule is COc1cc(O)c(C(=O)Cc2csc(C)n2)c(O)c1C. The molecular formula is C14H15NO4S. The summed E-state index contributed by atoms with van der Waals surface area (Å²) in [6, 6.07) is 1.33. The standard InChI is InChI=1S/C14H15NO4S/c1-7-12(19-3)5-11(17)13(14(7)18)10(16)4-9-6-20-8(2)15-9/h5-6,17-18H,4H2,1-3H3. The third-order valence-electron chi connectivity index (χ3n) is 2.99. The molecule has 6 heteroatoms. The lowest BCUT2D eigenvalue weighted by atomic mass is 10.0. The number of aromatic hydroxyl groups is 2. The van der Waals surface area contributed by atoms with Crippen LogP contribution in [-0.4, -0.2) is 28.1 Å². The Labute approximate surface area is 120 Å². The molecule has 0 unspecified atom stereocenters. The molecule has 0 aliphatic carbocycles. The number of ether oxygens (including phenoxy) is 1. The van der Waals surface area contributed by atoms with Gasteiger partial charge in [0.2, 0.25) is 0 Å². The summed E-state index contributed by atoms with van der Waals surface area (Å²) in [6.07, 6.45) is 0.0389. The van der Waals surface area contributed by atoms with Gasteiger partial charge in [-0.3, -0.25) is 4.79 Å². The van der Waals surface area contributed by atoms with Gasteiger partial charge in [-0.15, -0.1) is 11.3 Å². The third-order valence-corrected chi connectivity index (χ3v) is 3.81. The van der Waals surface area contributed by atoms with Crippen molar-refractivity contribution < 1.29 is 19.7 Å². The molecule has 0 bridgehead atoms. The quantitative estimate of drug-likeness (QED) is 0.847. The van der Waals surface area contributed by atoms with Crippen LogP contribution in [-0.2, 0) is 6.42 Å². The molecule has 0 fully saturated rings. The summed E-state index contributed by atoms with van der Waals surface area (Å²) in [4.78, 5) is 16.4. The Hall–Kier alpha value is -2.08. The fraction of sp³-hybridized carbons (Fsp3) is 0.286. The first-order valence-electron chi connectivity index (χ1n) is 5.97. The number of methoxy groups -OCH3 is 1. The first-order chi connectivity index (χ1) is 9.43. The summed E-state index contributed by atoms with van der Waals surface area (Å²) in [5.41, 5.74) is 0.960. The van der Waals surface area contributed by atoms with Crippen molar-refractivity contribution in [2.75, 3.05) is 7.11 Å². The van der Waals surface area contributed by atoms with Gasteiger partial charge in [-0.2, -0.15) is 0 Å². The first kappa shape index (κ1) is 14.3. The van der Waals surface area contributed by atoms with Gasteiger partial charge in [0.25, 0.3) is 0 Å². The van der Waals surface area contributed by atoms with Crippen LogP contribution in [0.1, 0.15) is 26.6 Å². The van der Waals surface area contributed by atoms with E-state index in [-0.39, 0.29) is 29.3 Å². The van der Waals surface area contributed by atoms with Crippen LogP contribution in [0.3, 0.4) is 0 Å². The number of phenolic OH excluding ortho intramolecular Hbond substituents is 2. The monoisotopic (exact) mass is 293 g/mol. The molecule has 0 aliphatic heterocycles. The Kier molecular flexibility index (Phi) is 3.94. The number of rotatable bonds is 4. The van der Waals surface area contributed by atoms with Gasteiger partial charge in [0.05, 0.1) is 24.2 Å². The Bertz CT molecular complexity index is 663. The van der Waals surface area contributed by atoms with Crippen molar-refractivity contribution in [3.63, 3.8) is 0 Å². The molecule has 2 aromatic rings. The molecule has 0 atom stereocenters. The van der Waals surface area contributed by atoms with Crippen molar-refractivity contribution in [1.29, 1.82) is 0 Å². The number of thiazole rings is 1. The van der Waals surface area contributed by atoms with Gasteiger partial charge in [0.15, 0.2) is 5.78 Å². The van der Waals surface area contributed by atoms with Crippen molar-refractivity contribution in [2.24, 2.45) is 0 Å². The molecule has 1 aromatic carbocycles. The Balaban J connectivity index is 2.37. The van der Waals surface area contributed by atoms with Gasteiger partial charge < -0.3 is 14.9 Å². The average molecular weight is 293 g/mol. The minimum Gasteiger partial charge on any atom is -0.507 e. The van der Waals surface area contributed by atoms with Gasteiger partial charge in [-0.05, 0) is 13.8 Å². The molecule has 20 heavy (non-hydrogen) atoms. The van der Waals surface area contributed by atoms with E-state index in [1.54, 1.807) is 12.3 Å². The number of hydrogen-bond acceptors (Lipinski definition) is 6. The number of Topliss-reactive ketones (excluding diaryl/α,β-unsaturated/α-hetero) is 1. The number of aromatic nitrogens is 1. The van der Waals surface area contributed by atoms with Crippen LogP contribution in [0.25, 0.3) is 0 Å². The van der Waals surface area contributed by atoms with E-state index in [0.717, 1.165) is 5.01 Å². The van der Waals surface area contributed by atoms with E-state index in [1.807, 2.05) is 6.92 Å². The number of nitrogens with zero attached hydrogens (tertiary/aromatic N) is 1. The lowest BCUT2D eigenvalue weighted by Crippen LogP contribution is -2.06. The highest BCUT2D eigenvalue weighted by molar-refractivity contribution is 7.09. The molecule has 0 saturated heterocycles. The van der Waals surface area contributed by atoms with Crippen LogP contribution >= 0.6 is 11.3 Å². The second-order valence-electron chi connectivity index (χ2n) is 4.40. The van der Waals surface area contributed by atoms with E-state index in [9.17, 15) is 15.0 Å². The van der Waals surface area contributed by atoms with E-state index in [4.69, 9.17) is 4.74 Å². The Morgan fingerprint density at radius 2 is 2.10 bits per heavy atom. The summed E-state index contributed by atoms with van der Waals surface area (Å²) < 4.78 is 5.02. The fourth-order valence-corrected chi connectivity index (χ4v) is 2.57. The fourth-order valence-electron chi connectivity index (χ4n) is 1.96. The van der Waals surface area contributed by atoms with Crippen LogP contribution < -0.4 is 4.74 Å². The van der Waals surface area contributed by atoms with Crippen molar-refractivity contribution in [3.05, 3.63) is 33.3 Å². The molecular weight excluding hydrogens is 278 g/mol. The van der Waals surface area contributed by atoms with Crippen LogP contribution in [0.4, 0.5) is 0 Å². The number of aryl methyl sites for hydroxylation is 1. The maximum atomic E-state index is 12.2. The highest BCUT2D eigenvalue weighted by atomic mass is 32.1. The number of carbonyl (C=O) groups excluding carboxylic acids is 1. The lowest BCUT2D eigenvalue weighted by molar-refractivity contribution is 0.0986. The molecule has 1 aromatic heterocycles. The van der Waals surface area contributed by atoms with Gasteiger partial charge in [0, 0.05) is 17.0 Å². The molecule has 0 aliphatic rings. The number of hydrogen-bond donors (Lipinski definition) is 2. The maximum Gasteiger partial charge on any atom is 0.176 e. The third kappa shape index (κ3) is 2.60. The van der Waals surface area contributed by atoms with Crippen molar-refractivity contribution in [1.82, 2.24) is 4.98 Å². The minimum absolute atomic E-state index is 0.0389. The Morgan fingerprint density at radius 1 is 1.40 bits per heavy atom. The topological polar surface area (TPSA) is 79.7 Å². The van der Waals surface area contributed by atoms with Gasteiger partial charge in [-0.25, -0.2) is 4.98 Å². The highest BCUT2D eigenvalue weighted by Crippen LogP contribution is 2.37. The van der Waals surface area contributed by atoms with Gasteiger partial charge in [-0.1, -0.05) is 0 Å². The zero-order valence-corrected chi connectivity index (χ0v) is 12.2.